The Labute approximate surface area is 121 Å². The van der Waals surface area contributed by atoms with Crippen molar-refractivity contribution < 1.29 is 0 Å². The fraction of sp³-hybridized carbons (Fsp3) is 0.647. The van der Waals surface area contributed by atoms with E-state index in [4.69, 9.17) is 11.6 Å². The molecule has 0 spiro atoms. The Hall–Kier alpha value is -0.690. The average Bonchev–Trinajstić information content (AvgIpc) is 2.67. The van der Waals surface area contributed by atoms with Crippen LogP contribution in [-0.2, 0) is 0 Å². The molecule has 1 N–H and O–H groups in total. The number of benzene rings is 1. The summed E-state index contributed by atoms with van der Waals surface area (Å²) in [5.41, 5.74) is 3.19. The minimum absolute atomic E-state index is 0.412. The van der Waals surface area contributed by atoms with Crippen LogP contribution < -0.4 is 5.32 Å². The first-order chi connectivity index (χ1) is 8.84. The summed E-state index contributed by atoms with van der Waals surface area (Å²) in [6.07, 6.45) is 4.05. The van der Waals surface area contributed by atoms with Crippen molar-refractivity contribution in [2.45, 2.75) is 53.0 Å². The van der Waals surface area contributed by atoms with E-state index in [0.29, 0.717) is 16.9 Å². The van der Waals surface area contributed by atoms with Gasteiger partial charge in [-0.05, 0) is 60.6 Å². The van der Waals surface area contributed by atoms with E-state index in [-0.39, 0.29) is 0 Å². The minimum Gasteiger partial charge on any atom is -0.382 e. The molecule has 3 rings (SSSR count). The van der Waals surface area contributed by atoms with Crippen LogP contribution >= 0.6 is 11.6 Å². The van der Waals surface area contributed by atoms with E-state index in [1.165, 1.54) is 24.9 Å². The highest BCUT2D eigenvalue weighted by Crippen LogP contribution is 2.65. The highest BCUT2D eigenvalue weighted by Gasteiger charge is 2.61. The van der Waals surface area contributed by atoms with E-state index in [1.807, 2.05) is 6.92 Å². The third kappa shape index (κ3) is 1.81. The second-order valence-electron chi connectivity index (χ2n) is 7.27. The van der Waals surface area contributed by atoms with Gasteiger partial charge in [-0.25, -0.2) is 0 Å². The lowest BCUT2D eigenvalue weighted by Crippen LogP contribution is -2.40. The zero-order valence-corrected chi connectivity index (χ0v) is 13.1. The first kappa shape index (κ1) is 13.3. The van der Waals surface area contributed by atoms with Gasteiger partial charge in [-0.2, -0.15) is 0 Å². The lowest BCUT2D eigenvalue weighted by atomic mass is 9.69. The van der Waals surface area contributed by atoms with Crippen LogP contribution in [0.1, 0.15) is 45.6 Å². The van der Waals surface area contributed by atoms with Crippen molar-refractivity contribution in [2.24, 2.45) is 16.7 Å². The topological polar surface area (TPSA) is 12.0 Å². The second-order valence-corrected chi connectivity index (χ2v) is 7.68. The summed E-state index contributed by atoms with van der Waals surface area (Å²) < 4.78 is 0. The lowest BCUT2D eigenvalue weighted by Gasteiger charge is -2.40. The van der Waals surface area contributed by atoms with Gasteiger partial charge in [-0.15, -0.1) is 0 Å². The third-order valence-corrected chi connectivity index (χ3v) is 6.71. The average molecular weight is 278 g/mol. The van der Waals surface area contributed by atoms with Gasteiger partial charge < -0.3 is 5.32 Å². The summed E-state index contributed by atoms with van der Waals surface area (Å²) in [4.78, 5) is 0. The van der Waals surface area contributed by atoms with Gasteiger partial charge in [0.25, 0.3) is 0 Å². The second kappa shape index (κ2) is 4.15. The van der Waals surface area contributed by atoms with Crippen molar-refractivity contribution in [1.82, 2.24) is 0 Å². The maximum atomic E-state index is 6.23. The Morgan fingerprint density at radius 3 is 2.53 bits per heavy atom. The van der Waals surface area contributed by atoms with Crippen LogP contribution in [0.5, 0.6) is 0 Å². The van der Waals surface area contributed by atoms with E-state index in [2.05, 4.69) is 44.3 Å². The number of hydrogen-bond acceptors (Lipinski definition) is 1. The van der Waals surface area contributed by atoms with E-state index < -0.39 is 0 Å². The predicted molar refractivity (Wildman–Crippen MR) is 82.8 cm³/mol. The molecule has 0 heterocycles. The van der Waals surface area contributed by atoms with Gasteiger partial charge in [-0.1, -0.05) is 38.4 Å². The van der Waals surface area contributed by atoms with E-state index in [0.717, 1.165) is 16.5 Å². The number of anilines is 1. The molecule has 0 amide bonds. The quantitative estimate of drug-likeness (QED) is 0.776. The van der Waals surface area contributed by atoms with Gasteiger partial charge in [0.1, 0.15) is 0 Å². The van der Waals surface area contributed by atoms with Crippen LogP contribution in [0.25, 0.3) is 0 Å². The Kier molecular flexibility index (Phi) is 2.91. The Morgan fingerprint density at radius 1 is 1.26 bits per heavy atom. The van der Waals surface area contributed by atoms with Gasteiger partial charge >= 0.3 is 0 Å². The normalized spacial score (nSPS) is 35.6. The SMILES string of the molecule is Cc1ccc(NC2CC3CCC2(C)C3(C)C)cc1Cl. The van der Waals surface area contributed by atoms with Crippen LogP contribution in [-0.4, -0.2) is 6.04 Å². The van der Waals surface area contributed by atoms with Crippen molar-refractivity contribution in [2.75, 3.05) is 5.32 Å². The number of halogens is 1. The standard InChI is InChI=1S/C17H24ClN/c1-11-5-6-13(10-14(11)18)19-15-9-12-7-8-17(15,4)16(12,2)3/h5-6,10,12,15,19H,7-9H2,1-4H3. The third-order valence-electron chi connectivity index (χ3n) is 6.31. The van der Waals surface area contributed by atoms with E-state index >= 15 is 0 Å². The first-order valence-corrected chi connectivity index (χ1v) is 7.75. The highest BCUT2D eigenvalue weighted by molar-refractivity contribution is 6.31. The fourth-order valence-electron chi connectivity index (χ4n) is 4.31. The summed E-state index contributed by atoms with van der Waals surface area (Å²) in [6, 6.07) is 6.91. The molecular formula is C17H24ClN. The molecule has 2 fully saturated rings. The zero-order chi connectivity index (χ0) is 13.8. The number of aryl methyl sites for hydroxylation is 1. The number of hydrogen-bond donors (Lipinski definition) is 1. The van der Waals surface area contributed by atoms with Crippen LogP contribution in [0.2, 0.25) is 5.02 Å². The smallest absolute Gasteiger partial charge is 0.0455 e. The van der Waals surface area contributed by atoms with Crippen molar-refractivity contribution >= 4 is 17.3 Å². The Morgan fingerprint density at radius 2 is 2.00 bits per heavy atom. The van der Waals surface area contributed by atoms with Crippen LogP contribution in [0.15, 0.2) is 18.2 Å². The van der Waals surface area contributed by atoms with Gasteiger partial charge in [0.15, 0.2) is 0 Å². The Balaban J connectivity index is 1.84. The molecule has 19 heavy (non-hydrogen) atoms. The van der Waals surface area contributed by atoms with Gasteiger partial charge in [-0.3, -0.25) is 0 Å². The first-order valence-electron chi connectivity index (χ1n) is 7.37. The van der Waals surface area contributed by atoms with Crippen LogP contribution in [0.3, 0.4) is 0 Å². The largest absolute Gasteiger partial charge is 0.382 e. The summed E-state index contributed by atoms with van der Waals surface area (Å²) >= 11 is 6.23. The molecule has 1 nitrogen and oxygen atoms in total. The summed E-state index contributed by atoms with van der Waals surface area (Å²) in [7, 11) is 0. The monoisotopic (exact) mass is 277 g/mol. The molecule has 2 bridgehead atoms. The predicted octanol–water partition coefficient (Wildman–Crippen LogP) is 5.28. The molecule has 1 aromatic rings. The summed E-state index contributed by atoms with van der Waals surface area (Å²) in [6.45, 7) is 9.42. The molecule has 1 aromatic carbocycles. The minimum atomic E-state index is 0.412. The zero-order valence-electron chi connectivity index (χ0n) is 12.4. The van der Waals surface area contributed by atoms with Crippen LogP contribution in [0, 0.1) is 23.7 Å². The maximum absolute atomic E-state index is 6.23. The van der Waals surface area contributed by atoms with Gasteiger partial charge in [0, 0.05) is 16.8 Å². The molecule has 0 radical (unpaired) electrons. The molecule has 2 saturated carbocycles. The van der Waals surface area contributed by atoms with Gasteiger partial charge in [0.05, 0.1) is 0 Å². The molecule has 104 valence electrons. The Bertz CT molecular complexity index is 508. The molecule has 2 aliphatic carbocycles. The molecule has 0 aliphatic heterocycles. The van der Waals surface area contributed by atoms with E-state index in [1.54, 1.807) is 0 Å². The molecule has 2 heteroatoms. The number of rotatable bonds is 2. The molecule has 3 unspecified atom stereocenters. The summed E-state index contributed by atoms with van der Waals surface area (Å²) in [5, 5.41) is 4.61. The number of fused-ring (bicyclic) bond motifs is 2. The summed E-state index contributed by atoms with van der Waals surface area (Å²) in [5.74, 6) is 0.871. The fourth-order valence-corrected chi connectivity index (χ4v) is 4.49. The van der Waals surface area contributed by atoms with Crippen molar-refractivity contribution in [3.8, 4) is 0 Å². The lowest BCUT2D eigenvalue weighted by molar-refractivity contribution is 0.142. The van der Waals surface area contributed by atoms with Crippen molar-refractivity contribution in [3.63, 3.8) is 0 Å². The van der Waals surface area contributed by atoms with Crippen molar-refractivity contribution in [1.29, 1.82) is 0 Å². The maximum Gasteiger partial charge on any atom is 0.0455 e. The highest BCUT2D eigenvalue weighted by atomic mass is 35.5. The molecular weight excluding hydrogens is 254 g/mol. The van der Waals surface area contributed by atoms with E-state index in [9.17, 15) is 0 Å². The van der Waals surface area contributed by atoms with Gasteiger partial charge in [0.2, 0.25) is 0 Å². The molecule has 0 aromatic heterocycles. The molecule has 2 aliphatic rings. The number of nitrogens with one attached hydrogen (secondary N) is 1. The van der Waals surface area contributed by atoms with Crippen LogP contribution in [0.4, 0.5) is 5.69 Å². The molecule has 0 saturated heterocycles. The van der Waals surface area contributed by atoms with Crippen molar-refractivity contribution in [3.05, 3.63) is 28.8 Å². The molecule has 3 atom stereocenters.